The lowest BCUT2D eigenvalue weighted by molar-refractivity contribution is -0.137. The zero-order chi connectivity index (χ0) is 17.0. The van der Waals surface area contributed by atoms with Crippen LogP contribution in [0.1, 0.15) is 29.4 Å². The van der Waals surface area contributed by atoms with E-state index >= 15 is 0 Å². The number of nitrogens with zero attached hydrogens (tertiary/aromatic N) is 3. The van der Waals surface area contributed by atoms with Gasteiger partial charge in [0.05, 0.1) is 28.2 Å². The molecule has 7 heteroatoms. The quantitative estimate of drug-likeness (QED) is 0.880. The van der Waals surface area contributed by atoms with Crippen molar-refractivity contribution in [3.63, 3.8) is 0 Å². The van der Waals surface area contributed by atoms with E-state index in [0.29, 0.717) is 34.9 Å². The maximum Gasteiger partial charge on any atom is 0.323 e. The number of para-hydroxylation sites is 1. The third-order valence-corrected chi connectivity index (χ3v) is 3.75. The van der Waals surface area contributed by atoms with Gasteiger partial charge in [-0.1, -0.05) is 30.7 Å². The van der Waals surface area contributed by atoms with Gasteiger partial charge in [0.2, 0.25) is 0 Å². The van der Waals surface area contributed by atoms with Gasteiger partial charge in [-0.05, 0) is 25.5 Å². The smallest absolute Gasteiger partial charge is 0.323 e. The van der Waals surface area contributed by atoms with Crippen molar-refractivity contribution in [3.05, 3.63) is 46.7 Å². The SMILES string of the molecule is CCCN(CC(=O)O)C(=O)c1cnn(-c2ccccc2Cl)c1C. The molecule has 1 heterocycles. The lowest BCUT2D eigenvalue weighted by Crippen LogP contribution is -2.36. The molecule has 6 nitrogen and oxygen atoms in total. The molecule has 0 unspecified atom stereocenters. The Morgan fingerprint density at radius 2 is 2.04 bits per heavy atom. The molecule has 0 atom stereocenters. The van der Waals surface area contributed by atoms with Gasteiger partial charge in [-0.15, -0.1) is 0 Å². The molecular weight excluding hydrogens is 318 g/mol. The summed E-state index contributed by atoms with van der Waals surface area (Å²) in [6, 6.07) is 7.19. The Labute approximate surface area is 139 Å². The average Bonchev–Trinajstić information content (AvgIpc) is 2.88. The first-order chi connectivity index (χ1) is 11.0. The molecule has 0 saturated carbocycles. The number of hydrogen-bond donors (Lipinski definition) is 1. The number of aromatic nitrogens is 2. The number of carboxylic acids is 1. The Morgan fingerprint density at radius 3 is 2.65 bits per heavy atom. The number of hydrogen-bond acceptors (Lipinski definition) is 3. The van der Waals surface area contributed by atoms with E-state index in [4.69, 9.17) is 16.7 Å². The summed E-state index contributed by atoms with van der Waals surface area (Å²) >= 11 is 6.17. The van der Waals surface area contributed by atoms with Crippen LogP contribution in [0.25, 0.3) is 5.69 Å². The van der Waals surface area contributed by atoms with Gasteiger partial charge in [-0.25, -0.2) is 4.68 Å². The van der Waals surface area contributed by atoms with E-state index in [9.17, 15) is 9.59 Å². The highest BCUT2D eigenvalue weighted by Crippen LogP contribution is 2.22. The van der Waals surface area contributed by atoms with Crippen molar-refractivity contribution >= 4 is 23.5 Å². The molecule has 122 valence electrons. The first-order valence-electron chi connectivity index (χ1n) is 7.26. The Balaban J connectivity index is 2.36. The van der Waals surface area contributed by atoms with Crippen LogP contribution in [0.15, 0.2) is 30.5 Å². The number of aliphatic carboxylic acids is 1. The van der Waals surface area contributed by atoms with Crippen molar-refractivity contribution in [2.24, 2.45) is 0 Å². The Morgan fingerprint density at radius 1 is 1.35 bits per heavy atom. The second-order valence-corrected chi connectivity index (χ2v) is 5.53. The monoisotopic (exact) mass is 335 g/mol. The van der Waals surface area contributed by atoms with Crippen molar-refractivity contribution in [2.75, 3.05) is 13.1 Å². The molecule has 0 aliphatic heterocycles. The molecule has 1 aromatic heterocycles. The van der Waals surface area contributed by atoms with Crippen molar-refractivity contribution in [3.8, 4) is 5.69 Å². The summed E-state index contributed by atoms with van der Waals surface area (Å²) in [5.74, 6) is -1.38. The van der Waals surface area contributed by atoms with Crippen LogP contribution in [-0.4, -0.2) is 44.8 Å². The molecule has 1 N–H and O–H groups in total. The summed E-state index contributed by atoms with van der Waals surface area (Å²) in [4.78, 5) is 24.9. The number of amides is 1. The molecule has 23 heavy (non-hydrogen) atoms. The van der Waals surface area contributed by atoms with E-state index in [1.54, 1.807) is 23.7 Å². The van der Waals surface area contributed by atoms with Crippen LogP contribution in [0.3, 0.4) is 0 Å². The van der Waals surface area contributed by atoms with Crippen LogP contribution in [0.5, 0.6) is 0 Å². The normalized spacial score (nSPS) is 10.6. The Bertz CT molecular complexity index is 727. The van der Waals surface area contributed by atoms with Gasteiger partial charge < -0.3 is 10.0 Å². The van der Waals surface area contributed by atoms with Gasteiger partial charge in [-0.3, -0.25) is 9.59 Å². The summed E-state index contributed by atoms with van der Waals surface area (Å²) in [6.45, 7) is 3.70. The van der Waals surface area contributed by atoms with Crippen molar-refractivity contribution in [1.29, 1.82) is 0 Å². The summed E-state index contributed by atoms with van der Waals surface area (Å²) in [5, 5.41) is 13.7. The second-order valence-electron chi connectivity index (χ2n) is 5.13. The van der Waals surface area contributed by atoms with Gasteiger partial charge in [-0.2, -0.15) is 5.10 Å². The van der Waals surface area contributed by atoms with Crippen LogP contribution < -0.4 is 0 Å². The van der Waals surface area contributed by atoms with E-state index in [1.807, 2.05) is 19.1 Å². The van der Waals surface area contributed by atoms with E-state index in [-0.39, 0.29) is 12.5 Å². The topological polar surface area (TPSA) is 75.4 Å². The minimum atomic E-state index is -1.04. The fourth-order valence-corrected chi connectivity index (χ4v) is 2.56. The van der Waals surface area contributed by atoms with Crippen molar-refractivity contribution < 1.29 is 14.7 Å². The summed E-state index contributed by atoms with van der Waals surface area (Å²) in [6.07, 6.45) is 2.13. The lowest BCUT2D eigenvalue weighted by Gasteiger charge is -2.19. The Hall–Kier alpha value is -2.34. The zero-order valence-electron chi connectivity index (χ0n) is 13.0. The average molecular weight is 336 g/mol. The third-order valence-electron chi connectivity index (χ3n) is 3.43. The van der Waals surface area contributed by atoms with Crippen molar-refractivity contribution in [2.45, 2.75) is 20.3 Å². The molecule has 0 aliphatic rings. The number of carbonyl (C=O) groups excluding carboxylic acids is 1. The minimum absolute atomic E-state index is 0.330. The van der Waals surface area contributed by atoms with Gasteiger partial charge in [0.1, 0.15) is 6.54 Å². The van der Waals surface area contributed by atoms with E-state index in [1.165, 1.54) is 11.1 Å². The summed E-state index contributed by atoms with van der Waals surface area (Å²) < 4.78 is 1.58. The largest absolute Gasteiger partial charge is 0.480 e. The highest BCUT2D eigenvalue weighted by atomic mass is 35.5. The summed E-state index contributed by atoms with van der Waals surface area (Å²) in [7, 11) is 0. The maximum absolute atomic E-state index is 12.6. The maximum atomic E-state index is 12.6. The number of benzene rings is 1. The highest BCUT2D eigenvalue weighted by Gasteiger charge is 2.22. The molecule has 1 amide bonds. The van der Waals surface area contributed by atoms with Gasteiger partial charge >= 0.3 is 5.97 Å². The van der Waals surface area contributed by atoms with Gasteiger partial charge in [0.15, 0.2) is 0 Å². The predicted octanol–water partition coefficient (Wildman–Crippen LogP) is 2.77. The molecule has 0 bridgehead atoms. The van der Waals surface area contributed by atoms with E-state index in [2.05, 4.69) is 5.10 Å². The standard InChI is InChI=1S/C16H18ClN3O3/c1-3-8-19(10-15(21)22)16(23)12-9-18-20(11(12)2)14-7-5-4-6-13(14)17/h4-7,9H,3,8,10H2,1-2H3,(H,21,22). The van der Waals surface area contributed by atoms with Crippen LogP contribution in [0.2, 0.25) is 5.02 Å². The summed E-state index contributed by atoms with van der Waals surface area (Å²) in [5.41, 5.74) is 1.67. The predicted molar refractivity (Wildman–Crippen MR) is 87.1 cm³/mol. The first-order valence-corrected chi connectivity index (χ1v) is 7.64. The Kier molecular flexibility index (Phi) is 5.39. The van der Waals surface area contributed by atoms with Crippen LogP contribution >= 0.6 is 11.6 Å². The number of rotatable bonds is 6. The van der Waals surface area contributed by atoms with Crippen LogP contribution in [0.4, 0.5) is 0 Å². The fourth-order valence-electron chi connectivity index (χ4n) is 2.34. The molecular formula is C16H18ClN3O3. The molecule has 2 rings (SSSR count). The second kappa shape index (κ2) is 7.28. The van der Waals surface area contributed by atoms with E-state index in [0.717, 1.165) is 0 Å². The molecule has 0 aliphatic carbocycles. The molecule has 0 spiro atoms. The van der Waals surface area contributed by atoms with Crippen LogP contribution in [-0.2, 0) is 4.79 Å². The van der Waals surface area contributed by atoms with Gasteiger partial charge in [0, 0.05) is 6.54 Å². The molecule has 0 fully saturated rings. The number of carboxylic acid groups (broad SMARTS) is 1. The van der Waals surface area contributed by atoms with E-state index < -0.39 is 5.97 Å². The van der Waals surface area contributed by atoms with Crippen molar-refractivity contribution in [1.82, 2.24) is 14.7 Å². The van der Waals surface area contributed by atoms with Gasteiger partial charge in [0.25, 0.3) is 5.91 Å². The first kappa shape index (κ1) is 17.0. The highest BCUT2D eigenvalue weighted by molar-refractivity contribution is 6.32. The number of halogens is 1. The molecule has 0 radical (unpaired) electrons. The third kappa shape index (κ3) is 3.71. The minimum Gasteiger partial charge on any atom is -0.480 e. The molecule has 2 aromatic rings. The van der Waals surface area contributed by atoms with Crippen LogP contribution in [0, 0.1) is 6.92 Å². The fraction of sp³-hybridized carbons (Fsp3) is 0.312. The molecule has 1 aromatic carbocycles. The molecule has 0 saturated heterocycles. The number of carbonyl (C=O) groups is 2. The zero-order valence-corrected chi connectivity index (χ0v) is 13.7. The lowest BCUT2D eigenvalue weighted by atomic mass is 10.2.